The van der Waals surface area contributed by atoms with Crippen molar-refractivity contribution in [2.24, 2.45) is 4.99 Å². The quantitative estimate of drug-likeness (QED) is 0.460. The van der Waals surface area contributed by atoms with Gasteiger partial charge in [0.15, 0.2) is 5.96 Å². The molecule has 4 N–H and O–H groups in total. The summed E-state index contributed by atoms with van der Waals surface area (Å²) in [5.41, 5.74) is -0.0586. The van der Waals surface area contributed by atoms with Crippen molar-refractivity contribution in [3.63, 3.8) is 0 Å². The summed E-state index contributed by atoms with van der Waals surface area (Å²) in [4.78, 5) is 16.5. The van der Waals surface area contributed by atoms with Gasteiger partial charge < -0.3 is 25.8 Å². The average molecular weight is 364 g/mol. The van der Waals surface area contributed by atoms with Gasteiger partial charge in [-0.25, -0.2) is 9.79 Å². The minimum absolute atomic E-state index is 0.234. The molecule has 0 aliphatic carbocycles. The summed E-state index contributed by atoms with van der Waals surface area (Å²) in [6.45, 7) is 13.0. The van der Waals surface area contributed by atoms with Crippen molar-refractivity contribution in [2.75, 3.05) is 13.1 Å². The number of rotatable bonds is 6. The molecule has 0 radical (unpaired) electrons. The van der Waals surface area contributed by atoms with Crippen LogP contribution in [0.1, 0.15) is 47.1 Å². The highest BCUT2D eigenvalue weighted by atomic mass is 16.6. The molecule has 0 saturated heterocycles. The lowest BCUT2D eigenvalue weighted by Gasteiger charge is -2.29. The van der Waals surface area contributed by atoms with Crippen LogP contribution in [0.2, 0.25) is 0 Å². The van der Waals surface area contributed by atoms with Crippen LogP contribution in [-0.4, -0.2) is 41.4 Å². The molecule has 26 heavy (non-hydrogen) atoms. The molecule has 0 heterocycles. The maximum atomic E-state index is 12.0. The van der Waals surface area contributed by atoms with Gasteiger partial charge in [0.25, 0.3) is 0 Å². The zero-order valence-corrected chi connectivity index (χ0v) is 16.6. The first kappa shape index (κ1) is 21.6. The molecule has 0 aliphatic heterocycles. The van der Waals surface area contributed by atoms with E-state index in [0.29, 0.717) is 19.0 Å². The van der Waals surface area contributed by atoms with Crippen molar-refractivity contribution >= 4 is 12.1 Å². The van der Waals surface area contributed by atoms with Crippen molar-refractivity contribution in [1.29, 1.82) is 0 Å². The van der Waals surface area contributed by atoms with Crippen molar-refractivity contribution < 1.29 is 14.6 Å². The fourth-order valence-corrected chi connectivity index (χ4v) is 2.04. The first-order valence-corrected chi connectivity index (χ1v) is 8.82. The number of aliphatic imine (C=N–C) groups is 1. The number of benzene rings is 1. The summed E-state index contributed by atoms with van der Waals surface area (Å²) < 4.78 is 5.30. The molecular weight excluding hydrogens is 332 g/mol. The highest BCUT2D eigenvalue weighted by molar-refractivity contribution is 5.80. The maximum Gasteiger partial charge on any atom is 0.408 e. The van der Waals surface area contributed by atoms with Crippen LogP contribution >= 0.6 is 0 Å². The van der Waals surface area contributed by atoms with Gasteiger partial charge in [-0.15, -0.1) is 0 Å². The first-order chi connectivity index (χ1) is 12.0. The zero-order valence-electron chi connectivity index (χ0n) is 16.6. The number of nitrogens with zero attached hydrogens (tertiary/aromatic N) is 1. The number of nitrogens with one attached hydrogen (secondary N) is 3. The number of hydrogen-bond acceptors (Lipinski definition) is 4. The average Bonchev–Trinajstić information content (AvgIpc) is 2.49. The Balaban J connectivity index is 2.61. The van der Waals surface area contributed by atoms with Gasteiger partial charge in [-0.05, 0) is 59.2 Å². The molecule has 146 valence electrons. The van der Waals surface area contributed by atoms with E-state index >= 15 is 0 Å². The summed E-state index contributed by atoms with van der Waals surface area (Å²) >= 11 is 0. The third kappa shape index (κ3) is 9.15. The van der Waals surface area contributed by atoms with Crippen LogP contribution in [0.25, 0.3) is 0 Å². The van der Waals surface area contributed by atoms with Crippen LogP contribution in [0.5, 0.6) is 5.75 Å². The van der Waals surface area contributed by atoms with E-state index in [4.69, 9.17) is 4.74 Å². The Hall–Kier alpha value is -2.44. The Morgan fingerprint density at radius 3 is 2.27 bits per heavy atom. The molecule has 7 heteroatoms. The number of phenols is 1. The lowest BCUT2D eigenvalue weighted by Crippen LogP contribution is -2.54. The van der Waals surface area contributed by atoms with Gasteiger partial charge in [-0.3, -0.25) is 0 Å². The zero-order chi connectivity index (χ0) is 19.8. The van der Waals surface area contributed by atoms with E-state index in [1.807, 2.05) is 53.7 Å². The highest BCUT2D eigenvalue weighted by Crippen LogP contribution is 2.11. The summed E-state index contributed by atoms with van der Waals surface area (Å²) in [5.74, 6) is 0.886. The van der Waals surface area contributed by atoms with Crippen LogP contribution in [0.3, 0.4) is 0 Å². The monoisotopic (exact) mass is 364 g/mol. The van der Waals surface area contributed by atoms with Crippen molar-refractivity contribution in [3.05, 3.63) is 29.8 Å². The molecule has 0 saturated carbocycles. The van der Waals surface area contributed by atoms with Gasteiger partial charge in [0, 0.05) is 13.1 Å². The third-order valence-electron chi connectivity index (χ3n) is 3.24. The molecule has 0 aliphatic rings. The Morgan fingerprint density at radius 1 is 1.12 bits per heavy atom. The van der Waals surface area contributed by atoms with Gasteiger partial charge in [-0.1, -0.05) is 12.1 Å². The lowest BCUT2D eigenvalue weighted by molar-refractivity contribution is 0.0474. The molecule has 0 unspecified atom stereocenters. The summed E-state index contributed by atoms with van der Waals surface area (Å²) in [5, 5.41) is 18.6. The minimum atomic E-state index is -0.534. The number of phenolic OH excluding ortho intramolecular Hbond substituents is 1. The SMILES string of the molecule is CCNC(=NCc1ccc(O)cc1)NCC(C)(C)NC(=O)OC(C)(C)C. The second kappa shape index (κ2) is 9.31. The molecular formula is C19H32N4O3. The lowest BCUT2D eigenvalue weighted by atomic mass is 10.1. The largest absolute Gasteiger partial charge is 0.508 e. The fraction of sp³-hybridized carbons (Fsp3) is 0.579. The fourth-order valence-electron chi connectivity index (χ4n) is 2.04. The molecule has 0 aromatic heterocycles. The van der Waals surface area contributed by atoms with Crippen LogP contribution in [0.4, 0.5) is 4.79 Å². The van der Waals surface area contributed by atoms with E-state index in [2.05, 4.69) is 20.9 Å². The van der Waals surface area contributed by atoms with Gasteiger partial charge >= 0.3 is 6.09 Å². The van der Waals surface area contributed by atoms with Gasteiger partial charge in [-0.2, -0.15) is 0 Å². The number of guanidine groups is 1. The summed E-state index contributed by atoms with van der Waals surface area (Å²) in [7, 11) is 0. The third-order valence-corrected chi connectivity index (χ3v) is 3.24. The Bertz CT molecular complexity index is 604. The maximum absolute atomic E-state index is 12.0. The normalized spacial score (nSPS) is 12.5. The van der Waals surface area contributed by atoms with Crippen molar-refractivity contribution in [1.82, 2.24) is 16.0 Å². The summed E-state index contributed by atoms with van der Waals surface area (Å²) in [6.07, 6.45) is -0.449. The molecule has 7 nitrogen and oxygen atoms in total. The molecule has 1 amide bonds. The van der Waals surface area contributed by atoms with E-state index in [-0.39, 0.29) is 5.75 Å². The second-order valence-corrected chi connectivity index (χ2v) is 7.73. The van der Waals surface area contributed by atoms with Crippen LogP contribution in [-0.2, 0) is 11.3 Å². The smallest absolute Gasteiger partial charge is 0.408 e. The molecule has 1 rings (SSSR count). The molecule has 1 aromatic carbocycles. The Morgan fingerprint density at radius 2 is 1.73 bits per heavy atom. The van der Waals surface area contributed by atoms with Gasteiger partial charge in [0.05, 0.1) is 12.1 Å². The van der Waals surface area contributed by atoms with E-state index in [1.54, 1.807) is 12.1 Å². The molecule has 1 aromatic rings. The number of carbonyl (C=O) groups is 1. The topological polar surface area (TPSA) is 95.0 Å². The Labute approximate surface area is 156 Å². The second-order valence-electron chi connectivity index (χ2n) is 7.73. The molecule has 0 bridgehead atoms. The predicted molar refractivity (Wildman–Crippen MR) is 104 cm³/mol. The van der Waals surface area contributed by atoms with Crippen molar-refractivity contribution in [2.45, 2.75) is 59.2 Å². The number of hydrogen-bond donors (Lipinski definition) is 4. The number of ether oxygens (including phenoxy) is 1. The molecule has 0 atom stereocenters. The molecule has 0 spiro atoms. The van der Waals surface area contributed by atoms with E-state index in [0.717, 1.165) is 12.1 Å². The standard InChI is InChI=1S/C19H32N4O3/c1-7-20-16(21-12-14-8-10-15(24)11-9-14)22-13-19(5,6)23-17(25)26-18(2,3)4/h8-11,24H,7,12-13H2,1-6H3,(H,23,25)(H2,20,21,22). The van der Waals surface area contributed by atoms with Gasteiger partial charge in [0.1, 0.15) is 11.4 Å². The first-order valence-electron chi connectivity index (χ1n) is 8.82. The Kier molecular flexibility index (Phi) is 7.74. The van der Waals surface area contributed by atoms with Crippen molar-refractivity contribution in [3.8, 4) is 5.75 Å². The number of aromatic hydroxyl groups is 1. The van der Waals surface area contributed by atoms with Crippen LogP contribution in [0, 0.1) is 0 Å². The summed E-state index contributed by atoms with van der Waals surface area (Å²) in [6, 6.07) is 6.94. The van der Waals surface area contributed by atoms with Crippen LogP contribution in [0.15, 0.2) is 29.3 Å². The van der Waals surface area contributed by atoms with E-state index < -0.39 is 17.2 Å². The number of carbonyl (C=O) groups excluding carboxylic acids is 1. The predicted octanol–water partition coefficient (Wildman–Crippen LogP) is 2.75. The van der Waals surface area contributed by atoms with E-state index in [9.17, 15) is 9.90 Å². The number of alkyl carbamates (subject to hydrolysis) is 1. The van der Waals surface area contributed by atoms with Gasteiger partial charge in [0.2, 0.25) is 0 Å². The molecule has 0 fully saturated rings. The number of amides is 1. The van der Waals surface area contributed by atoms with Crippen LogP contribution < -0.4 is 16.0 Å². The van der Waals surface area contributed by atoms with E-state index in [1.165, 1.54) is 0 Å². The highest BCUT2D eigenvalue weighted by Gasteiger charge is 2.24. The minimum Gasteiger partial charge on any atom is -0.508 e.